The van der Waals surface area contributed by atoms with Crippen molar-refractivity contribution in [2.45, 2.75) is 26.7 Å². The molecule has 0 aliphatic carbocycles. The Morgan fingerprint density at radius 3 is 2.07 bits per heavy atom. The molecule has 0 atom stereocenters. The molecule has 0 saturated heterocycles. The number of fused-ring (bicyclic) bond motifs is 1. The highest BCUT2D eigenvalue weighted by Crippen LogP contribution is 2.36. The van der Waals surface area contributed by atoms with E-state index in [4.69, 9.17) is 31.0 Å². The van der Waals surface area contributed by atoms with Crippen LogP contribution in [-0.2, 0) is 0 Å². The molecule has 1 heterocycles. The summed E-state index contributed by atoms with van der Waals surface area (Å²) in [4.78, 5) is 12.1. The number of nitrogens with zero attached hydrogens (tertiary/aromatic N) is 3. The Morgan fingerprint density at radius 2 is 1.50 bits per heavy atom. The number of ether oxygens (including phenoxy) is 2. The third-order valence-corrected chi connectivity index (χ3v) is 4.82. The maximum Gasteiger partial charge on any atom is 0.162 e. The van der Waals surface area contributed by atoms with Crippen molar-refractivity contribution in [3.05, 3.63) is 41.4 Å². The summed E-state index contributed by atoms with van der Waals surface area (Å²) in [6, 6.07) is 11.5. The van der Waals surface area contributed by atoms with E-state index in [2.05, 4.69) is 18.7 Å². The van der Waals surface area contributed by atoms with Crippen LogP contribution >= 0.6 is 11.6 Å². The lowest BCUT2D eigenvalue weighted by Gasteiger charge is -2.25. The molecular formula is C22H26ClN3O2. The van der Waals surface area contributed by atoms with Gasteiger partial charge < -0.3 is 14.4 Å². The van der Waals surface area contributed by atoms with Crippen LogP contribution in [0.1, 0.15) is 26.7 Å². The predicted octanol–water partition coefficient (Wildman–Crippen LogP) is 5.59. The quantitative estimate of drug-likeness (QED) is 0.493. The van der Waals surface area contributed by atoms with Crippen LogP contribution in [0.4, 0.5) is 5.82 Å². The van der Waals surface area contributed by atoms with E-state index >= 15 is 0 Å². The molecule has 2 aromatic carbocycles. The first-order chi connectivity index (χ1) is 13.6. The highest BCUT2D eigenvalue weighted by molar-refractivity contribution is 6.30. The van der Waals surface area contributed by atoms with Crippen molar-refractivity contribution in [2.24, 2.45) is 0 Å². The second-order valence-corrected chi connectivity index (χ2v) is 7.03. The molecule has 0 fully saturated rings. The Kier molecular flexibility index (Phi) is 6.57. The summed E-state index contributed by atoms with van der Waals surface area (Å²) in [7, 11) is 3.27. The summed E-state index contributed by atoms with van der Waals surface area (Å²) in [5.74, 6) is 2.91. The third kappa shape index (κ3) is 4.14. The average Bonchev–Trinajstić information content (AvgIpc) is 2.72. The molecule has 0 unspecified atom stereocenters. The maximum atomic E-state index is 6.05. The van der Waals surface area contributed by atoms with Gasteiger partial charge in [0, 0.05) is 35.1 Å². The molecule has 28 heavy (non-hydrogen) atoms. The van der Waals surface area contributed by atoms with Crippen LogP contribution < -0.4 is 14.4 Å². The fourth-order valence-corrected chi connectivity index (χ4v) is 3.40. The van der Waals surface area contributed by atoms with E-state index in [-0.39, 0.29) is 0 Å². The Bertz CT molecular complexity index is 939. The molecule has 0 radical (unpaired) electrons. The van der Waals surface area contributed by atoms with E-state index in [1.807, 2.05) is 36.4 Å². The van der Waals surface area contributed by atoms with Crippen LogP contribution in [0.5, 0.6) is 11.5 Å². The zero-order chi connectivity index (χ0) is 20.1. The Labute approximate surface area is 171 Å². The van der Waals surface area contributed by atoms with Gasteiger partial charge in [0.05, 0.1) is 19.7 Å². The summed E-state index contributed by atoms with van der Waals surface area (Å²) in [6.07, 6.45) is 2.07. The fraction of sp³-hybridized carbons (Fsp3) is 0.364. The molecule has 0 bridgehead atoms. The highest BCUT2D eigenvalue weighted by Gasteiger charge is 2.18. The summed E-state index contributed by atoms with van der Waals surface area (Å²) >= 11 is 6.05. The van der Waals surface area contributed by atoms with Crippen LogP contribution in [0.25, 0.3) is 22.3 Å². The molecule has 1 aromatic heterocycles. The number of aromatic nitrogens is 2. The summed E-state index contributed by atoms with van der Waals surface area (Å²) in [6.45, 7) is 6.20. The minimum Gasteiger partial charge on any atom is -0.493 e. The predicted molar refractivity (Wildman–Crippen MR) is 116 cm³/mol. The van der Waals surface area contributed by atoms with Crippen molar-refractivity contribution in [1.82, 2.24) is 9.97 Å². The molecule has 0 saturated carbocycles. The van der Waals surface area contributed by atoms with E-state index < -0.39 is 0 Å². The van der Waals surface area contributed by atoms with Crippen molar-refractivity contribution in [2.75, 3.05) is 32.2 Å². The van der Waals surface area contributed by atoms with Gasteiger partial charge in [0.2, 0.25) is 0 Å². The number of benzene rings is 2. The zero-order valence-electron chi connectivity index (χ0n) is 16.8. The molecule has 5 nitrogen and oxygen atoms in total. The molecule has 0 spiro atoms. The van der Waals surface area contributed by atoms with E-state index in [9.17, 15) is 0 Å². The summed E-state index contributed by atoms with van der Waals surface area (Å²) in [5, 5.41) is 1.65. The van der Waals surface area contributed by atoms with Gasteiger partial charge in [-0.15, -0.1) is 0 Å². The van der Waals surface area contributed by atoms with Crippen molar-refractivity contribution >= 4 is 28.3 Å². The van der Waals surface area contributed by atoms with Crippen molar-refractivity contribution in [3.8, 4) is 22.9 Å². The monoisotopic (exact) mass is 399 g/mol. The number of methoxy groups -OCH3 is 2. The van der Waals surface area contributed by atoms with Gasteiger partial charge in [0.1, 0.15) is 5.82 Å². The molecule has 3 aromatic rings. The van der Waals surface area contributed by atoms with Crippen LogP contribution in [0.15, 0.2) is 36.4 Å². The number of anilines is 1. The van der Waals surface area contributed by atoms with Gasteiger partial charge >= 0.3 is 0 Å². The van der Waals surface area contributed by atoms with Crippen molar-refractivity contribution < 1.29 is 9.47 Å². The topological polar surface area (TPSA) is 47.5 Å². The Morgan fingerprint density at radius 1 is 0.893 bits per heavy atom. The normalized spacial score (nSPS) is 10.9. The molecule has 0 aliphatic rings. The Hall–Kier alpha value is -2.53. The number of hydrogen-bond acceptors (Lipinski definition) is 5. The summed E-state index contributed by atoms with van der Waals surface area (Å²) in [5.41, 5.74) is 1.75. The summed E-state index contributed by atoms with van der Waals surface area (Å²) < 4.78 is 11.0. The average molecular weight is 400 g/mol. The van der Waals surface area contributed by atoms with Crippen LogP contribution in [-0.4, -0.2) is 37.3 Å². The maximum absolute atomic E-state index is 6.05. The van der Waals surface area contributed by atoms with Crippen molar-refractivity contribution in [3.63, 3.8) is 0 Å². The van der Waals surface area contributed by atoms with E-state index in [0.717, 1.165) is 48.2 Å². The zero-order valence-corrected chi connectivity index (χ0v) is 17.6. The van der Waals surface area contributed by atoms with E-state index in [1.54, 1.807) is 14.2 Å². The van der Waals surface area contributed by atoms with E-state index in [1.165, 1.54) is 0 Å². The van der Waals surface area contributed by atoms with Gasteiger partial charge in [-0.3, -0.25) is 0 Å². The van der Waals surface area contributed by atoms with Crippen LogP contribution in [0.3, 0.4) is 0 Å². The first kappa shape index (κ1) is 20.2. The highest BCUT2D eigenvalue weighted by atomic mass is 35.5. The van der Waals surface area contributed by atoms with Crippen LogP contribution in [0.2, 0.25) is 5.02 Å². The molecule has 3 rings (SSSR count). The van der Waals surface area contributed by atoms with Crippen molar-refractivity contribution in [1.29, 1.82) is 0 Å². The largest absolute Gasteiger partial charge is 0.493 e. The SMILES string of the molecule is CCCN(CCC)c1nc(-c2ccc(Cl)cc2)nc2cc(OC)c(OC)cc12. The lowest BCUT2D eigenvalue weighted by molar-refractivity contribution is 0.356. The lowest BCUT2D eigenvalue weighted by Crippen LogP contribution is -2.26. The lowest BCUT2D eigenvalue weighted by atomic mass is 10.1. The molecule has 0 aliphatic heterocycles. The molecule has 0 N–H and O–H groups in total. The standard InChI is InChI=1S/C22H26ClN3O2/c1-5-11-26(12-6-2)22-17-13-19(27-3)20(28-4)14-18(17)24-21(25-22)15-7-9-16(23)10-8-15/h7-10,13-14H,5-6,11-12H2,1-4H3. The van der Waals surface area contributed by atoms with Gasteiger partial charge in [-0.2, -0.15) is 0 Å². The Balaban J connectivity index is 2.27. The number of halogens is 1. The van der Waals surface area contributed by atoms with E-state index in [0.29, 0.717) is 22.3 Å². The van der Waals surface area contributed by atoms with Gasteiger partial charge in [0.25, 0.3) is 0 Å². The number of rotatable bonds is 8. The fourth-order valence-electron chi connectivity index (χ4n) is 3.27. The molecule has 6 heteroatoms. The van der Waals surface area contributed by atoms with Gasteiger partial charge in [0.15, 0.2) is 17.3 Å². The first-order valence-electron chi connectivity index (χ1n) is 9.55. The smallest absolute Gasteiger partial charge is 0.162 e. The van der Waals surface area contributed by atoms with Crippen LogP contribution in [0, 0.1) is 0 Å². The minimum atomic E-state index is 0.652. The second-order valence-electron chi connectivity index (χ2n) is 6.59. The van der Waals surface area contributed by atoms with Gasteiger partial charge in [-0.25, -0.2) is 9.97 Å². The molecule has 148 valence electrons. The second kappa shape index (κ2) is 9.11. The molecular weight excluding hydrogens is 374 g/mol. The minimum absolute atomic E-state index is 0.652. The first-order valence-corrected chi connectivity index (χ1v) is 9.93. The van der Waals surface area contributed by atoms with Gasteiger partial charge in [-0.05, 0) is 43.2 Å². The number of hydrogen-bond donors (Lipinski definition) is 0. The van der Waals surface area contributed by atoms with Gasteiger partial charge in [-0.1, -0.05) is 25.4 Å². The molecule has 0 amide bonds. The third-order valence-electron chi connectivity index (χ3n) is 4.57.